The van der Waals surface area contributed by atoms with Gasteiger partial charge in [0.1, 0.15) is 0 Å². The molecule has 0 fully saturated rings. The fourth-order valence-electron chi connectivity index (χ4n) is 2.96. The Labute approximate surface area is 147 Å². The van der Waals surface area contributed by atoms with Crippen LogP contribution < -0.4 is 10.2 Å². The second-order valence-corrected chi connectivity index (χ2v) is 6.40. The summed E-state index contributed by atoms with van der Waals surface area (Å²) in [6.45, 7) is -0.300. The summed E-state index contributed by atoms with van der Waals surface area (Å²) in [6, 6.07) is 13.0. The molecular weight excluding hydrogens is 316 g/mol. The quantitative estimate of drug-likeness (QED) is 0.852. The molecule has 5 nitrogen and oxygen atoms in total. The number of carbonyl (C=O) groups is 2. The Morgan fingerprint density at radius 2 is 1.76 bits per heavy atom. The third-order valence-electron chi connectivity index (χ3n) is 4.34. The highest BCUT2D eigenvalue weighted by Gasteiger charge is 2.13. The van der Waals surface area contributed by atoms with Gasteiger partial charge in [0, 0.05) is 25.5 Å². The second kappa shape index (κ2) is 7.38. The number of ether oxygens (including phenoxy) is 1. The summed E-state index contributed by atoms with van der Waals surface area (Å²) in [5.41, 5.74) is 4.81. The summed E-state index contributed by atoms with van der Waals surface area (Å²) in [7, 11) is 3.85. The Hall–Kier alpha value is -2.82. The Morgan fingerprint density at radius 1 is 1.04 bits per heavy atom. The maximum Gasteiger partial charge on any atom is 0.338 e. The van der Waals surface area contributed by atoms with Gasteiger partial charge in [0.25, 0.3) is 5.91 Å². The monoisotopic (exact) mass is 338 g/mol. The van der Waals surface area contributed by atoms with E-state index in [9.17, 15) is 9.59 Å². The van der Waals surface area contributed by atoms with Gasteiger partial charge in [-0.15, -0.1) is 0 Å². The van der Waals surface area contributed by atoms with Gasteiger partial charge in [0.2, 0.25) is 0 Å². The van der Waals surface area contributed by atoms with Crippen molar-refractivity contribution in [2.45, 2.75) is 19.3 Å². The first kappa shape index (κ1) is 17.0. The third-order valence-corrected chi connectivity index (χ3v) is 4.34. The van der Waals surface area contributed by atoms with Crippen molar-refractivity contribution in [3.8, 4) is 0 Å². The number of rotatable bonds is 5. The van der Waals surface area contributed by atoms with Crippen LogP contribution in [0, 0.1) is 0 Å². The molecule has 0 saturated carbocycles. The van der Waals surface area contributed by atoms with E-state index in [0.29, 0.717) is 5.56 Å². The lowest BCUT2D eigenvalue weighted by Gasteiger charge is -2.12. The van der Waals surface area contributed by atoms with Crippen LogP contribution in [0.5, 0.6) is 0 Å². The smallest absolute Gasteiger partial charge is 0.338 e. The molecule has 0 aromatic heterocycles. The summed E-state index contributed by atoms with van der Waals surface area (Å²) in [5.74, 6) is -0.842. The lowest BCUT2D eigenvalue weighted by Crippen LogP contribution is -2.21. The highest BCUT2D eigenvalue weighted by atomic mass is 16.5. The van der Waals surface area contributed by atoms with E-state index in [2.05, 4.69) is 11.4 Å². The van der Waals surface area contributed by atoms with E-state index in [4.69, 9.17) is 4.74 Å². The molecule has 1 aliphatic carbocycles. The van der Waals surface area contributed by atoms with Crippen LogP contribution in [-0.2, 0) is 22.4 Å². The summed E-state index contributed by atoms with van der Waals surface area (Å²) in [6.07, 6.45) is 3.32. The number of hydrogen-bond acceptors (Lipinski definition) is 4. The lowest BCUT2D eigenvalue weighted by atomic mass is 10.1. The normalized spacial score (nSPS) is 12.4. The third kappa shape index (κ3) is 4.18. The first-order chi connectivity index (χ1) is 12.0. The van der Waals surface area contributed by atoms with E-state index >= 15 is 0 Å². The van der Waals surface area contributed by atoms with Crippen LogP contribution in [0.4, 0.5) is 11.4 Å². The van der Waals surface area contributed by atoms with Gasteiger partial charge in [-0.05, 0) is 66.8 Å². The van der Waals surface area contributed by atoms with Crippen LogP contribution in [-0.4, -0.2) is 32.6 Å². The average molecular weight is 338 g/mol. The molecule has 0 atom stereocenters. The van der Waals surface area contributed by atoms with E-state index in [1.54, 1.807) is 12.1 Å². The number of fused-ring (bicyclic) bond motifs is 1. The number of aryl methyl sites for hydroxylation is 2. The number of hydrogen-bond donors (Lipinski definition) is 1. The largest absolute Gasteiger partial charge is 0.452 e. The molecule has 0 radical (unpaired) electrons. The fourth-order valence-corrected chi connectivity index (χ4v) is 2.96. The maximum atomic E-state index is 12.0. The number of nitrogens with one attached hydrogen (secondary N) is 1. The minimum absolute atomic E-state index is 0.300. The van der Waals surface area contributed by atoms with Crippen molar-refractivity contribution >= 4 is 23.3 Å². The predicted octanol–water partition coefficient (Wildman–Crippen LogP) is 3.04. The summed E-state index contributed by atoms with van der Waals surface area (Å²) >= 11 is 0. The molecule has 2 aromatic carbocycles. The summed E-state index contributed by atoms with van der Waals surface area (Å²) < 4.78 is 5.09. The number of benzene rings is 2. The van der Waals surface area contributed by atoms with Crippen LogP contribution >= 0.6 is 0 Å². The molecule has 1 N–H and O–H groups in total. The maximum absolute atomic E-state index is 12.0. The molecule has 0 bridgehead atoms. The van der Waals surface area contributed by atoms with Gasteiger partial charge in [0.05, 0.1) is 5.56 Å². The van der Waals surface area contributed by atoms with Crippen LogP contribution in [0.15, 0.2) is 42.5 Å². The Bertz CT molecular complexity index is 782. The van der Waals surface area contributed by atoms with Gasteiger partial charge >= 0.3 is 5.97 Å². The van der Waals surface area contributed by atoms with Crippen LogP contribution in [0.2, 0.25) is 0 Å². The van der Waals surface area contributed by atoms with Crippen LogP contribution in [0.25, 0.3) is 0 Å². The summed E-state index contributed by atoms with van der Waals surface area (Å²) in [4.78, 5) is 26.0. The molecule has 1 amide bonds. The fraction of sp³-hybridized carbons (Fsp3) is 0.300. The van der Waals surface area contributed by atoms with Gasteiger partial charge in [-0.1, -0.05) is 6.07 Å². The van der Waals surface area contributed by atoms with Gasteiger partial charge < -0.3 is 15.0 Å². The topological polar surface area (TPSA) is 58.6 Å². The molecule has 1 aliphatic rings. The zero-order valence-electron chi connectivity index (χ0n) is 14.5. The number of nitrogens with zero attached hydrogens (tertiary/aromatic N) is 1. The van der Waals surface area contributed by atoms with Crippen molar-refractivity contribution in [2.24, 2.45) is 0 Å². The Kier molecular flexibility index (Phi) is 5.03. The molecule has 5 heteroatoms. The minimum Gasteiger partial charge on any atom is -0.452 e. The second-order valence-electron chi connectivity index (χ2n) is 6.40. The zero-order valence-corrected chi connectivity index (χ0v) is 14.5. The van der Waals surface area contributed by atoms with Crippen molar-refractivity contribution in [3.63, 3.8) is 0 Å². The highest BCUT2D eigenvalue weighted by Crippen LogP contribution is 2.24. The van der Waals surface area contributed by atoms with Crippen LogP contribution in [0.3, 0.4) is 0 Å². The first-order valence-electron chi connectivity index (χ1n) is 8.39. The molecule has 0 spiro atoms. The molecule has 130 valence electrons. The molecular formula is C20H22N2O3. The van der Waals surface area contributed by atoms with Gasteiger partial charge in [-0.3, -0.25) is 4.79 Å². The molecule has 0 saturated heterocycles. The van der Waals surface area contributed by atoms with Gasteiger partial charge in [-0.25, -0.2) is 4.79 Å². The number of anilines is 2. The SMILES string of the molecule is CN(C)c1ccc(C(=O)OCC(=O)Nc2ccc3c(c2)CCC3)cc1. The molecule has 0 unspecified atom stereocenters. The van der Waals surface area contributed by atoms with Crippen molar-refractivity contribution in [1.29, 1.82) is 0 Å². The van der Waals surface area contributed by atoms with Gasteiger partial charge in [-0.2, -0.15) is 0 Å². The first-order valence-corrected chi connectivity index (χ1v) is 8.39. The Balaban J connectivity index is 1.52. The van der Waals surface area contributed by atoms with E-state index in [1.807, 2.05) is 43.3 Å². The van der Waals surface area contributed by atoms with Gasteiger partial charge in [0.15, 0.2) is 6.61 Å². The zero-order chi connectivity index (χ0) is 17.8. The van der Waals surface area contributed by atoms with Crippen molar-refractivity contribution in [2.75, 3.05) is 30.9 Å². The average Bonchev–Trinajstić information content (AvgIpc) is 3.07. The minimum atomic E-state index is -0.505. The van der Waals surface area contributed by atoms with E-state index < -0.39 is 5.97 Å². The molecule has 0 aliphatic heterocycles. The van der Waals surface area contributed by atoms with E-state index in [1.165, 1.54) is 11.1 Å². The lowest BCUT2D eigenvalue weighted by molar-refractivity contribution is -0.119. The van der Waals surface area contributed by atoms with Crippen molar-refractivity contribution in [3.05, 3.63) is 59.2 Å². The number of esters is 1. The predicted molar refractivity (Wildman–Crippen MR) is 98.1 cm³/mol. The van der Waals surface area contributed by atoms with Crippen molar-refractivity contribution < 1.29 is 14.3 Å². The standard InChI is InChI=1S/C20H22N2O3/c1-22(2)18-10-7-15(8-11-18)20(24)25-13-19(23)21-17-9-6-14-4-3-5-16(14)12-17/h6-12H,3-5,13H2,1-2H3,(H,21,23). The van der Waals surface area contributed by atoms with E-state index in [0.717, 1.165) is 30.6 Å². The molecule has 25 heavy (non-hydrogen) atoms. The molecule has 0 heterocycles. The Morgan fingerprint density at radius 3 is 2.48 bits per heavy atom. The van der Waals surface area contributed by atoms with Crippen molar-refractivity contribution in [1.82, 2.24) is 0 Å². The van der Waals surface area contributed by atoms with Crippen LogP contribution in [0.1, 0.15) is 27.9 Å². The molecule has 2 aromatic rings. The molecule has 3 rings (SSSR count). The number of carbonyl (C=O) groups excluding carboxylic acids is 2. The summed E-state index contributed by atoms with van der Waals surface area (Å²) in [5, 5.41) is 2.78. The number of amides is 1. The highest BCUT2D eigenvalue weighted by molar-refractivity contribution is 5.95. The van der Waals surface area contributed by atoms with E-state index in [-0.39, 0.29) is 12.5 Å².